The van der Waals surface area contributed by atoms with E-state index >= 15 is 0 Å². The van der Waals surface area contributed by atoms with E-state index in [1.54, 1.807) is 11.9 Å². The molecule has 1 aliphatic heterocycles. The van der Waals surface area contributed by atoms with Gasteiger partial charge in [-0.25, -0.2) is 0 Å². The Morgan fingerprint density at radius 2 is 1.83 bits per heavy atom. The van der Waals surface area contributed by atoms with Gasteiger partial charge in [0.15, 0.2) is 28.8 Å². The van der Waals surface area contributed by atoms with Gasteiger partial charge in [0.05, 0.1) is 19.9 Å². The number of nitrogens with zero attached hydrogens (tertiary/aromatic N) is 1. The first-order valence-electron chi connectivity index (χ1n) is 6.97. The summed E-state index contributed by atoms with van der Waals surface area (Å²) in [5, 5.41) is 30.2. The first-order chi connectivity index (χ1) is 10.9. The van der Waals surface area contributed by atoms with Crippen LogP contribution in [0.3, 0.4) is 0 Å². The molecule has 0 bridgehead atoms. The third-order valence-electron chi connectivity index (χ3n) is 4.29. The zero-order valence-corrected chi connectivity index (χ0v) is 12.9. The van der Waals surface area contributed by atoms with Crippen LogP contribution in [0.15, 0.2) is 35.5 Å². The summed E-state index contributed by atoms with van der Waals surface area (Å²) in [5.74, 6) is -1.49. The molecule has 0 amide bonds. The fourth-order valence-corrected chi connectivity index (χ4v) is 3.29. The smallest absolute Gasteiger partial charge is 0.184 e. The van der Waals surface area contributed by atoms with Gasteiger partial charge in [0, 0.05) is 18.7 Å². The fourth-order valence-electron chi connectivity index (χ4n) is 3.29. The number of carbonyl (C=O) groups excluding carboxylic acids is 1. The van der Waals surface area contributed by atoms with Crippen molar-refractivity contribution in [3.63, 3.8) is 0 Å². The van der Waals surface area contributed by atoms with Gasteiger partial charge >= 0.3 is 0 Å². The second-order valence-corrected chi connectivity index (χ2v) is 5.43. The van der Waals surface area contributed by atoms with Gasteiger partial charge in [0.2, 0.25) is 0 Å². The van der Waals surface area contributed by atoms with Crippen LogP contribution in [0.5, 0.6) is 11.5 Å². The molecule has 0 spiro atoms. The van der Waals surface area contributed by atoms with Crippen molar-refractivity contribution >= 4 is 11.5 Å². The first-order valence-corrected chi connectivity index (χ1v) is 6.97. The van der Waals surface area contributed by atoms with E-state index in [0.29, 0.717) is 11.3 Å². The Morgan fingerprint density at radius 3 is 2.43 bits per heavy atom. The number of benzene rings is 1. The third kappa shape index (κ3) is 1.93. The van der Waals surface area contributed by atoms with E-state index in [4.69, 9.17) is 9.47 Å². The average Bonchev–Trinajstić information content (AvgIpc) is 2.51. The molecule has 1 aliphatic carbocycles. The van der Waals surface area contributed by atoms with E-state index < -0.39 is 12.0 Å². The van der Waals surface area contributed by atoms with Crippen LogP contribution in [0.2, 0.25) is 0 Å². The van der Waals surface area contributed by atoms with Gasteiger partial charge < -0.3 is 29.7 Å². The van der Waals surface area contributed by atoms with E-state index in [2.05, 4.69) is 0 Å². The van der Waals surface area contributed by atoms with Gasteiger partial charge in [-0.3, -0.25) is 4.79 Å². The van der Waals surface area contributed by atoms with Crippen LogP contribution in [0.1, 0.15) is 10.4 Å². The number of aromatic hydroxyl groups is 1. The quantitative estimate of drug-likeness (QED) is 0.765. The van der Waals surface area contributed by atoms with Crippen molar-refractivity contribution in [3.8, 4) is 11.5 Å². The average molecular weight is 319 g/mol. The monoisotopic (exact) mass is 319 g/mol. The summed E-state index contributed by atoms with van der Waals surface area (Å²) in [6, 6.07) is 2.12. The van der Waals surface area contributed by atoms with Crippen molar-refractivity contribution < 1.29 is 29.6 Å². The van der Waals surface area contributed by atoms with E-state index in [1.165, 1.54) is 26.4 Å². The number of hydrogen-bond acceptors (Lipinski definition) is 7. The number of anilines is 1. The number of hydrogen-bond donors (Lipinski definition) is 3. The van der Waals surface area contributed by atoms with Crippen molar-refractivity contribution in [1.82, 2.24) is 0 Å². The molecule has 122 valence electrons. The lowest BCUT2D eigenvalue weighted by Crippen LogP contribution is -2.50. The Morgan fingerprint density at radius 1 is 1.13 bits per heavy atom. The maximum Gasteiger partial charge on any atom is 0.184 e. The number of carbonyl (C=O) groups is 1. The van der Waals surface area contributed by atoms with Gasteiger partial charge in [-0.15, -0.1) is 0 Å². The molecule has 2 atom stereocenters. The second kappa shape index (κ2) is 5.12. The van der Waals surface area contributed by atoms with Crippen LogP contribution in [-0.4, -0.2) is 48.4 Å². The van der Waals surface area contributed by atoms with Crippen molar-refractivity contribution in [1.29, 1.82) is 0 Å². The fraction of sp³-hybridized carbons (Fsp3) is 0.312. The van der Waals surface area contributed by atoms with E-state index in [0.717, 1.165) is 6.08 Å². The molecule has 7 nitrogen and oxygen atoms in total. The molecule has 2 aliphatic rings. The number of aliphatic hydroxyl groups excluding tert-OH is 2. The SMILES string of the molecule is COC1=C(O)C=C(O)[C@H]2C(=O)c3ccc(O)c(OC)c3N(C)[C@@H]12. The molecule has 0 radical (unpaired) electrons. The van der Waals surface area contributed by atoms with Gasteiger partial charge in [0.1, 0.15) is 17.7 Å². The minimum atomic E-state index is -0.896. The Labute approximate surface area is 132 Å². The van der Waals surface area contributed by atoms with Crippen LogP contribution in [-0.2, 0) is 4.74 Å². The molecule has 0 saturated carbocycles. The maximum absolute atomic E-state index is 12.8. The lowest BCUT2D eigenvalue weighted by Gasteiger charge is -2.42. The summed E-state index contributed by atoms with van der Waals surface area (Å²) in [7, 11) is 4.45. The molecule has 0 fully saturated rings. The van der Waals surface area contributed by atoms with Crippen LogP contribution < -0.4 is 9.64 Å². The van der Waals surface area contributed by atoms with Crippen molar-refractivity contribution in [2.75, 3.05) is 26.2 Å². The number of methoxy groups -OCH3 is 2. The van der Waals surface area contributed by atoms with Crippen LogP contribution in [0.25, 0.3) is 0 Å². The Kier molecular flexibility index (Phi) is 3.35. The van der Waals surface area contributed by atoms with Gasteiger partial charge in [-0.05, 0) is 12.1 Å². The van der Waals surface area contributed by atoms with Crippen molar-refractivity contribution in [2.45, 2.75) is 6.04 Å². The Hall–Kier alpha value is -2.83. The molecular weight excluding hydrogens is 302 g/mol. The Bertz CT molecular complexity index is 751. The summed E-state index contributed by atoms with van der Waals surface area (Å²) >= 11 is 0. The normalized spacial score (nSPS) is 23.2. The summed E-state index contributed by atoms with van der Waals surface area (Å²) in [5.41, 5.74) is 0.705. The standard InChI is InChI=1S/C16H17NO6/c1-17-12-7(4-5-8(18)15(12)22-2)14(21)11-9(19)6-10(20)16(23-3)13(11)17/h4-6,11,13,18-20H,1-3H3/t11-,13-/m1/s1. The summed E-state index contributed by atoms with van der Waals surface area (Å²) in [6.07, 6.45) is 1.12. The summed E-state index contributed by atoms with van der Waals surface area (Å²) in [4.78, 5) is 14.5. The maximum atomic E-state index is 12.8. The topological polar surface area (TPSA) is 99.5 Å². The second-order valence-electron chi connectivity index (χ2n) is 5.43. The third-order valence-corrected chi connectivity index (χ3v) is 4.29. The highest BCUT2D eigenvalue weighted by Crippen LogP contribution is 2.48. The number of likely N-dealkylation sites (N-methyl/N-ethyl adjacent to an activating group) is 1. The molecule has 23 heavy (non-hydrogen) atoms. The molecule has 3 N–H and O–H groups in total. The molecule has 0 saturated heterocycles. The van der Waals surface area contributed by atoms with E-state index in [1.807, 2.05) is 0 Å². The molecule has 1 aromatic carbocycles. The lowest BCUT2D eigenvalue weighted by atomic mass is 9.79. The van der Waals surface area contributed by atoms with Crippen molar-refractivity contribution in [2.24, 2.45) is 5.92 Å². The largest absolute Gasteiger partial charge is 0.511 e. The number of Topliss-reactive ketones (excluding diaryl/α,β-unsaturated/α-hetero) is 1. The highest BCUT2D eigenvalue weighted by molar-refractivity contribution is 6.08. The predicted molar refractivity (Wildman–Crippen MR) is 82.0 cm³/mol. The number of fused-ring (bicyclic) bond motifs is 2. The molecule has 0 unspecified atom stereocenters. The van der Waals surface area contributed by atoms with E-state index in [-0.39, 0.29) is 34.6 Å². The number of aliphatic hydroxyl groups is 2. The molecule has 0 aromatic heterocycles. The van der Waals surface area contributed by atoms with E-state index in [9.17, 15) is 20.1 Å². The highest BCUT2D eigenvalue weighted by atomic mass is 16.5. The number of ether oxygens (including phenoxy) is 2. The summed E-state index contributed by atoms with van der Waals surface area (Å²) < 4.78 is 10.5. The van der Waals surface area contributed by atoms with Crippen LogP contribution in [0.4, 0.5) is 5.69 Å². The molecule has 7 heteroatoms. The zero-order valence-electron chi connectivity index (χ0n) is 12.9. The number of allylic oxidation sites excluding steroid dienone is 1. The Balaban J connectivity index is 2.28. The lowest BCUT2D eigenvalue weighted by molar-refractivity contribution is 0.0852. The minimum absolute atomic E-state index is 0.105. The zero-order chi connectivity index (χ0) is 16.9. The molecule has 3 rings (SSSR count). The highest BCUT2D eigenvalue weighted by Gasteiger charge is 2.48. The van der Waals surface area contributed by atoms with Gasteiger partial charge in [-0.1, -0.05) is 0 Å². The van der Waals surface area contributed by atoms with Crippen LogP contribution in [0, 0.1) is 5.92 Å². The van der Waals surface area contributed by atoms with Crippen molar-refractivity contribution in [3.05, 3.63) is 41.0 Å². The molecular formula is C16H17NO6. The number of rotatable bonds is 2. The molecule has 1 aromatic rings. The minimum Gasteiger partial charge on any atom is -0.511 e. The molecule has 1 heterocycles. The van der Waals surface area contributed by atoms with Crippen LogP contribution >= 0.6 is 0 Å². The number of phenolic OH excluding ortho intramolecular Hbond substituents is 1. The summed E-state index contributed by atoms with van der Waals surface area (Å²) in [6.45, 7) is 0. The van der Waals surface area contributed by atoms with Gasteiger partial charge in [0.25, 0.3) is 0 Å². The number of ketones is 1. The predicted octanol–water partition coefficient (Wildman–Crippen LogP) is 1.89. The van der Waals surface area contributed by atoms with Gasteiger partial charge in [-0.2, -0.15) is 0 Å². The number of phenols is 1. The first kappa shape index (κ1) is 15.1.